The summed E-state index contributed by atoms with van der Waals surface area (Å²) in [6.45, 7) is 4.11. The SMILES string of the molecule is CC(C)NC(=O)COc1ccccc1C=CC(=O)NCc1cccnc1. The van der Waals surface area contributed by atoms with Crippen molar-refractivity contribution >= 4 is 17.9 Å². The number of pyridine rings is 1. The van der Waals surface area contributed by atoms with Crippen LogP contribution >= 0.6 is 0 Å². The van der Waals surface area contributed by atoms with Crippen LogP contribution in [0, 0.1) is 0 Å². The number of nitrogens with zero attached hydrogens (tertiary/aromatic N) is 1. The van der Waals surface area contributed by atoms with Crippen LogP contribution in [0.4, 0.5) is 0 Å². The van der Waals surface area contributed by atoms with Crippen molar-refractivity contribution in [3.63, 3.8) is 0 Å². The Balaban J connectivity index is 1.90. The first-order valence-electron chi connectivity index (χ1n) is 8.40. The van der Waals surface area contributed by atoms with Crippen LogP contribution in [-0.2, 0) is 16.1 Å². The largest absolute Gasteiger partial charge is 0.483 e. The predicted octanol–water partition coefficient (Wildman–Crippen LogP) is 2.31. The van der Waals surface area contributed by atoms with E-state index in [0.29, 0.717) is 12.3 Å². The number of carbonyl (C=O) groups is 2. The molecule has 1 heterocycles. The normalized spacial score (nSPS) is 10.7. The fraction of sp³-hybridized carbons (Fsp3) is 0.250. The van der Waals surface area contributed by atoms with Crippen molar-refractivity contribution in [2.75, 3.05) is 6.61 Å². The molecule has 0 aliphatic carbocycles. The Hall–Kier alpha value is -3.15. The first kappa shape index (κ1) is 19.2. The molecule has 6 heteroatoms. The molecule has 0 spiro atoms. The van der Waals surface area contributed by atoms with Gasteiger partial charge in [0.15, 0.2) is 6.61 Å². The van der Waals surface area contributed by atoms with Crippen LogP contribution in [0.2, 0.25) is 0 Å². The molecule has 0 fully saturated rings. The number of amides is 2. The monoisotopic (exact) mass is 353 g/mol. The molecular formula is C20H23N3O3. The lowest BCUT2D eigenvalue weighted by molar-refractivity contribution is -0.123. The molecule has 6 nitrogen and oxygen atoms in total. The third-order valence-corrected chi connectivity index (χ3v) is 3.33. The van der Waals surface area contributed by atoms with Crippen molar-refractivity contribution in [2.45, 2.75) is 26.4 Å². The van der Waals surface area contributed by atoms with Crippen LogP contribution in [0.25, 0.3) is 6.08 Å². The number of hydrogen-bond acceptors (Lipinski definition) is 4. The molecule has 0 bridgehead atoms. The van der Waals surface area contributed by atoms with Gasteiger partial charge in [0, 0.05) is 36.6 Å². The Morgan fingerprint density at radius 3 is 2.73 bits per heavy atom. The summed E-state index contributed by atoms with van der Waals surface area (Å²) in [6.07, 6.45) is 6.49. The second-order valence-electron chi connectivity index (χ2n) is 5.96. The molecule has 2 N–H and O–H groups in total. The standard InChI is InChI=1S/C20H23N3O3/c1-15(2)23-20(25)14-26-18-8-4-3-7-17(18)9-10-19(24)22-13-16-6-5-11-21-12-16/h3-12,15H,13-14H2,1-2H3,(H,22,24)(H,23,25). The van der Waals surface area contributed by atoms with E-state index in [4.69, 9.17) is 4.74 Å². The van der Waals surface area contributed by atoms with E-state index >= 15 is 0 Å². The molecule has 2 rings (SSSR count). The average Bonchev–Trinajstić information content (AvgIpc) is 2.64. The van der Waals surface area contributed by atoms with E-state index in [1.165, 1.54) is 6.08 Å². The maximum atomic E-state index is 12.0. The number of aromatic nitrogens is 1. The highest BCUT2D eigenvalue weighted by Crippen LogP contribution is 2.19. The topological polar surface area (TPSA) is 80.3 Å². The molecule has 2 aromatic rings. The maximum Gasteiger partial charge on any atom is 0.258 e. The molecule has 1 aromatic heterocycles. The van der Waals surface area contributed by atoms with E-state index in [9.17, 15) is 9.59 Å². The van der Waals surface area contributed by atoms with Crippen LogP contribution in [0.3, 0.4) is 0 Å². The van der Waals surface area contributed by atoms with Crippen LogP contribution in [0.15, 0.2) is 54.9 Å². The van der Waals surface area contributed by atoms with Gasteiger partial charge in [-0.1, -0.05) is 24.3 Å². The smallest absolute Gasteiger partial charge is 0.258 e. The van der Waals surface area contributed by atoms with Crippen LogP contribution in [-0.4, -0.2) is 29.4 Å². The first-order valence-corrected chi connectivity index (χ1v) is 8.40. The van der Waals surface area contributed by atoms with E-state index in [0.717, 1.165) is 11.1 Å². The molecular weight excluding hydrogens is 330 g/mol. The van der Waals surface area contributed by atoms with Gasteiger partial charge in [-0.2, -0.15) is 0 Å². The summed E-state index contributed by atoms with van der Waals surface area (Å²) in [6, 6.07) is 11.0. The second kappa shape index (κ2) is 9.98. The van der Waals surface area contributed by atoms with E-state index in [-0.39, 0.29) is 24.5 Å². The zero-order chi connectivity index (χ0) is 18.8. The Morgan fingerprint density at radius 2 is 2.00 bits per heavy atom. The molecule has 136 valence electrons. The number of hydrogen-bond donors (Lipinski definition) is 2. The minimum absolute atomic E-state index is 0.0600. The van der Waals surface area contributed by atoms with Gasteiger partial charge < -0.3 is 15.4 Å². The van der Waals surface area contributed by atoms with Crippen molar-refractivity contribution < 1.29 is 14.3 Å². The van der Waals surface area contributed by atoms with Crippen molar-refractivity contribution in [1.82, 2.24) is 15.6 Å². The third kappa shape index (κ3) is 6.76. The zero-order valence-corrected chi connectivity index (χ0v) is 14.9. The van der Waals surface area contributed by atoms with Gasteiger partial charge in [0.05, 0.1) is 0 Å². The van der Waals surface area contributed by atoms with E-state index < -0.39 is 0 Å². The molecule has 0 unspecified atom stereocenters. The molecule has 0 atom stereocenters. The summed E-state index contributed by atoms with van der Waals surface area (Å²) in [5.74, 6) is 0.136. The number of carbonyl (C=O) groups excluding carboxylic acids is 2. The van der Waals surface area contributed by atoms with Gasteiger partial charge in [0.2, 0.25) is 5.91 Å². The lowest BCUT2D eigenvalue weighted by Crippen LogP contribution is -2.34. The minimum Gasteiger partial charge on any atom is -0.483 e. The van der Waals surface area contributed by atoms with Crippen LogP contribution < -0.4 is 15.4 Å². The molecule has 1 aromatic carbocycles. The van der Waals surface area contributed by atoms with E-state index in [1.807, 2.05) is 44.2 Å². The quantitative estimate of drug-likeness (QED) is 0.714. The Bertz CT molecular complexity index is 758. The van der Waals surface area contributed by atoms with Gasteiger partial charge in [0.1, 0.15) is 5.75 Å². The zero-order valence-electron chi connectivity index (χ0n) is 14.9. The number of rotatable bonds is 8. The van der Waals surface area contributed by atoms with Crippen LogP contribution in [0.5, 0.6) is 5.75 Å². The minimum atomic E-state index is -0.221. The molecule has 0 aliphatic rings. The third-order valence-electron chi connectivity index (χ3n) is 3.33. The Morgan fingerprint density at radius 1 is 1.19 bits per heavy atom. The average molecular weight is 353 g/mol. The number of benzene rings is 1. The van der Waals surface area contributed by atoms with Gasteiger partial charge in [-0.05, 0) is 37.6 Å². The number of nitrogens with one attached hydrogen (secondary N) is 2. The Labute approximate surface area is 153 Å². The van der Waals surface area contributed by atoms with Crippen molar-refractivity contribution in [1.29, 1.82) is 0 Å². The molecule has 0 aliphatic heterocycles. The van der Waals surface area contributed by atoms with Gasteiger partial charge in [0.25, 0.3) is 5.91 Å². The van der Waals surface area contributed by atoms with Crippen molar-refractivity contribution in [3.8, 4) is 5.75 Å². The summed E-state index contributed by atoms with van der Waals surface area (Å²) in [7, 11) is 0. The molecule has 0 radical (unpaired) electrons. The van der Waals surface area contributed by atoms with Gasteiger partial charge >= 0.3 is 0 Å². The van der Waals surface area contributed by atoms with Gasteiger partial charge in [-0.3, -0.25) is 14.6 Å². The number of para-hydroxylation sites is 1. The lowest BCUT2D eigenvalue weighted by atomic mass is 10.2. The fourth-order valence-corrected chi connectivity index (χ4v) is 2.17. The summed E-state index contributed by atoms with van der Waals surface area (Å²) in [5, 5.41) is 5.55. The van der Waals surface area contributed by atoms with Gasteiger partial charge in [-0.25, -0.2) is 0 Å². The maximum absolute atomic E-state index is 12.0. The Kier molecular flexibility index (Phi) is 7.36. The highest BCUT2D eigenvalue weighted by Gasteiger charge is 2.06. The highest BCUT2D eigenvalue weighted by molar-refractivity contribution is 5.92. The van der Waals surface area contributed by atoms with Crippen LogP contribution in [0.1, 0.15) is 25.0 Å². The summed E-state index contributed by atoms with van der Waals surface area (Å²) < 4.78 is 5.56. The summed E-state index contributed by atoms with van der Waals surface area (Å²) in [4.78, 5) is 27.7. The number of ether oxygens (including phenoxy) is 1. The van der Waals surface area contributed by atoms with Crippen molar-refractivity contribution in [3.05, 3.63) is 66.0 Å². The second-order valence-corrected chi connectivity index (χ2v) is 5.96. The van der Waals surface area contributed by atoms with E-state index in [1.54, 1.807) is 24.5 Å². The predicted molar refractivity (Wildman–Crippen MR) is 100 cm³/mol. The summed E-state index contributed by atoms with van der Waals surface area (Å²) >= 11 is 0. The summed E-state index contributed by atoms with van der Waals surface area (Å²) in [5.41, 5.74) is 1.65. The molecule has 0 saturated heterocycles. The first-order chi connectivity index (χ1) is 12.5. The molecule has 0 saturated carbocycles. The van der Waals surface area contributed by atoms with Crippen molar-refractivity contribution in [2.24, 2.45) is 0 Å². The molecule has 2 amide bonds. The van der Waals surface area contributed by atoms with Gasteiger partial charge in [-0.15, -0.1) is 0 Å². The molecule has 26 heavy (non-hydrogen) atoms. The fourth-order valence-electron chi connectivity index (χ4n) is 2.17. The lowest BCUT2D eigenvalue weighted by Gasteiger charge is -2.11. The van der Waals surface area contributed by atoms with E-state index in [2.05, 4.69) is 15.6 Å². The highest BCUT2D eigenvalue weighted by atomic mass is 16.5.